The Labute approximate surface area is 86.9 Å². The van der Waals surface area contributed by atoms with Gasteiger partial charge in [0.05, 0.1) is 24.8 Å². The van der Waals surface area contributed by atoms with Crippen LogP contribution in [0.1, 0.15) is 17.2 Å². The standard InChI is InChI=1S/C11H11FN2O/c1-13-11(8-2-3-15-7-8)9-4-10(12)6-14-5-9/h2-7,11,13H,1H3. The maximum absolute atomic E-state index is 13.0. The number of aromatic nitrogens is 1. The number of pyridine rings is 1. The maximum atomic E-state index is 13.0. The highest BCUT2D eigenvalue weighted by Gasteiger charge is 2.13. The molecule has 1 N–H and O–H groups in total. The molecular weight excluding hydrogens is 195 g/mol. The lowest BCUT2D eigenvalue weighted by Crippen LogP contribution is -2.17. The zero-order chi connectivity index (χ0) is 10.7. The molecule has 1 unspecified atom stereocenters. The number of nitrogens with zero attached hydrogens (tertiary/aromatic N) is 1. The summed E-state index contributed by atoms with van der Waals surface area (Å²) < 4.78 is 18.0. The van der Waals surface area contributed by atoms with Crippen LogP contribution in [0.2, 0.25) is 0 Å². The Bertz CT molecular complexity index is 428. The summed E-state index contributed by atoms with van der Waals surface area (Å²) in [4.78, 5) is 3.82. The zero-order valence-electron chi connectivity index (χ0n) is 8.27. The fourth-order valence-corrected chi connectivity index (χ4v) is 1.55. The molecular formula is C11H11FN2O. The van der Waals surface area contributed by atoms with Gasteiger partial charge in [-0.25, -0.2) is 4.39 Å². The number of hydrogen-bond donors (Lipinski definition) is 1. The normalized spacial score (nSPS) is 12.7. The molecule has 2 rings (SSSR count). The van der Waals surface area contributed by atoms with Crippen molar-refractivity contribution in [3.8, 4) is 0 Å². The Morgan fingerprint density at radius 2 is 2.27 bits per heavy atom. The highest BCUT2D eigenvalue weighted by molar-refractivity contribution is 5.27. The summed E-state index contributed by atoms with van der Waals surface area (Å²) in [5.74, 6) is -0.337. The summed E-state index contributed by atoms with van der Waals surface area (Å²) in [5.41, 5.74) is 1.73. The first-order valence-corrected chi connectivity index (χ1v) is 4.61. The number of halogens is 1. The summed E-state index contributed by atoms with van der Waals surface area (Å²) >= 11 is 0. The summed E-state index contributed by atoms with van der Waals surface area (Å²) in [6, 6.07) is 3.21. The Hall–Kier alpha value is -1.68. The van der Waals surface area contributed by atoms with Gasteiger partial charge in [0.2, 0.25) is 0 Å². The van der Waals surface area contributed by atoms with E-state index in [1.165, 1.54) is 12.3 Å². The molecule has 0 aliphatic heterocycles. The zero-order valence-corrected chi connectivity index (χ0v) is 8.27. The SMILES string of the molecule is CNC(c1ccoc1)c1cncc(F)c1. The third-order valence-corrected chi connectivity index (χ3v) is 2.22. The van der Waals surface area contributed by atoms with Crippen molar-refractivity contribution in [2.75, 3.05) is 7.05 Å². The highest BCUT2D eigenvalue weighted by atomic mass is 19.1. The second-order valence-corrected chi connectivity index (χ2v) is 3.21. The van der Waals surface area contributed by atoms with Crippen molar-refractivity contribution in [2.45, 2.75) is 6.04 Å². The lowest BCUT2D eigenvalue weighted by Gasteiger charge is -2.13. The molecule has 15 heavy (non-hydrogen) atoms. The third-order valence-electron chi connectivity index (χ3n) is 2.22. The van der Waals surface area contributed by atoms with Crippen LogP contribution in [-0.4, -0.2) is 12.0 Å². The van der Waals surface area contributed by atoms with Crippen LogP contribution in [0.4, 0.5) is 4.39 Å². The molecule has 0 aliphatic rings. The molecule has 0 bridgehead atoms. The molecule has 0 fully saturated rings. The van der Waals surface area contributed by atoms with Crippen molar-refractivity contribution in [2.24, 2.45) is 0 Å². The number of hydrogen-bond acceptors (Lipinski definition) is 3. The van der Waals surface area contributed by atoms with Gasteiger partial charge in [0, 0.05) is 11.8 Å². The van der Waals surface area contributed by atoms with Gasteiger partial charge in [-0.05, 0) is 24.7 Å². The molecule has 0 radical (unpaired) electrons. The molecule has 0 amide bonds. The van der Waals surface area contributed by atoms with Gasteiger partial charge >= 0.3 is 0 Å². The van der Waals surface area contributed by atoms with Crippen molar-refractivity contribution >= 4 is 0 Å². The van der Waals surface area contributed by atoms with Gasteiger partial charge in [-0.15, -0.1) is 0 Å². The molecule has 0 aromatic carbocycles. The monoisotopic (exact) mass is 206 g/mol. The van der Waals surface area contributed by atoms with Crippen LogP contribution < -0.4 is 5.32 Å². The molecule has 0 aliphatic carbocycles. The smallest absolute Gasteiger partial charge is 0.141 e. The quantitative estimate of drug-likeness (QED) is 0.835. The van der Waals surface area contributed by atoms with E-state index < -0.39 is 0 Å². The fraction of sp³-hybridized carbons (Fsp3) is 0.182. The average Bonchev–Trinajstić information content (AvgIpc) is 2.72. The summed E-state index contributed by atoms with van der Waals surface area (Å²) in [6.45, 7) is 0. The average molecular weight is 206 g/mol. The van der Waals surface area contributed by atoms with Crippen LogP contribution in [-0.2, 0) is 0 Å². The number of rotatable bonds is 3. The lowest BCUT2D eigenvalue weighted by atomic mass is 10.0. The van der Waals surface area contributed by atoms with Crippen LogP contribution >= 0.6 is 0 Å². The molecule has 0 spiro atoms. The molecule has 3 nitrogen and oxygen atoms in total. The van der Waals surface area contributed by atoms with Gasteiger partial charge < -0.3 is 9.73 Å². The van der Waals surface area contributed by atoms with Gasteiger partial charge in [-0.2, -0.15) is 0 Å². The van der Waals surface area contributed by atoms with Crippen LogP contribution in [0.5, 0.6) is 0 Å². The minimum absolute atomic E-state index is 0.0908. The number of nitrogens with one attached hydrogen (secondary N) is 1. The van der Waals surface area contributed by atoms with Crippen LogP contribution in [0.15, 0.2) is 41.5 Å². The first kappa shape index (κ1) is 9.86. The molecule has 0 saturated carbocycles. The van der Waals surface area contributed by atoms with Crippen molar-refractivity contribution in [1.29, 1.82) is 0 Å². The Kier molecular flexibility index (Phi) is 2.78. The molecule has 78 valence electrons. The molecule has 2 heterocycles. The van der Waals surface area contributed by atoms with Crippen molar-refractivity contribution in [3.63, 3.8) is 0 Å². The molecule has 1 atom stereocenters. The Balaban J connectivity index is 2.35. The molecule has 0 saturated heterocycles. The van der Waals surface area contributed by atoms with E-state index in [2.05, 4.69) is 10.3 Å². The van der Waals surface area contributed by atoms with E-state index in [1.807, 2.05) is 13.1 Å². The lowest BCUT2D eigenvalue weighted by molar-refractivity contribution is 0.556. The minimum atomic E-state index is -0.337. The first-order chi connectivity index (χ1) is 7.31. The van der Waals surface area contributed by atoms with Gasteiger partial charge in [0.1, 0.15) is 5.82 Å². The van der Waals surface area contributed by atoms with E-state index in [9.17, 15) is 4.39 Å². The second-order valence-electron chi connectivity index (χ2n) is 3.21. The molecule has 4 heteroatoms. The van der Waals surface area contributed by atoms with E-state index in [0.717, 1.165) is 11.1 Å². The number of furan rings is 1. The highest BCUT2D eigenvalue weighted by Crippen LogP contribution is 2.21. The predicted octanol–water partition coefficient (Wildman–Crippen LogP) is 2.12. The largest absolute Gasteiger partial charge is 0.472 e. The molecule has 2 aromatic rings. The van der Waals surface area contributed by atoms with Crippen molar-refractivity contribution in [3.05, 3.63) is 54.0 Å². The van der Waals surface area contributed by atoms with Gasteiger partial charge in [0.25, 0.3) is 0 Å². The van der Waals surface area contributed by atoms with E-state index >= 15 is 0 Å². The van der Waals surface area contributed by atoms with Crippen molar-refractivity contribution < 1.29 is 8.81 Å². The maximum Gasteiger partial charge on any atom is 0.141 e. The van der Waals surface area contributed by atoms with Gasteiger partial charge in [0.15, 0.2) is 0 Å². The topological polar surface area (TPSA) is 38.1 Å². The first-order valence-electron chi connectivity index (χ1n) is 4.61. The molecule has 2 aromatic heterocycles. The van der Waals surface area contributed by atoms with Gasteiger partial charge in [-0.3, -0.25) is 4.98 Å². The minimum Gasteiger partial charge on any atom is -0.472 e. The van der Waals surface area contributed by atoms with E-state index in [1.54, 1.807) is 18.7 Å². The van der Waals surface area contributed by atoms with Gasteiger partial charge in [-0.1, -0.05) is 0 Å². The Morgan fingerprint density at radius 1 is 1.40 bits per heavy atom. The third kappa shape index (κ3) is 2.05. The van der Waals surface area contributed by atoms with E-state index in [4.69, 9.17) is 4.42 Å². The Morgan fingerprint density at radius 3 is 2.87 bits per heavy atom. The second kappa shape index (κ2) is 4.23. The summed E-state index contributed by atoms with van der Waals surface area (Å²) in [7, 11) is 1.81. The van der Waals surface area contributed by atoms with E-state index in [0.29, 0.717) is 0 Å². The summed E-state index contributed by atoms with van der Waals surface area (Å²) in [6.07, 6.45) is 6.04. The summed E-state index contributed by atoms with van der Waals surface area (Å²) in [5, 5.41) is 3.08. The van der Waals surface area contributed by atoms with Crippen LogP contribution in [0.25, 0.3) is 0 Å². The van der Waals surface area contributed by atoms with Crippen LogP contribution in [0, 0.1) is 5.82 Å². The predicted molar refractivity (Wildman–Crippen MR) is 53.8 cm³/mol. The fourth-order valence-electron chi connectivity index (χ4n) is 1.55. The van der Waals surface area contributed by atoms with Crippen LogP contribution in [0.3, 0.4) is 0 Å². The van der Waals surface area contributed by atoms with Crippen molar-refractivity contribution in [1.82, 2.24) is 10.3 Å². The van der Waals surface area contributed by atoms with E-state index in [-0.39, 0.29) is 11.9 Å².